The molecule has 1 aliphatic rings. The maximum Gasteiger partial charge on any atom is 0.0540 e. The van der Waals surface area contributed by atoms with E-state index in [2.05, 4.69) is 183 Å². The molecule has 0 spiro atoms. The summed E-state index contributed by atoms with van der Waals surface area (Å²) < 4.78 is 0. The van der Waals surface area contributed by atoms with Crippen LogP contribution in [0.25, 0.3) is 65.3 Å². The van der Waals surface area contributed by atoms with Crippen LogP contribution >= 0.6 is 0 Å². The Balaban J connectivity index is 1.23. The van der Waals surface area contributed by atoms with E-state index in [1.165, 1.54) is 87.8 Å². The molecule has 10 rings (SSSR count). The maximum absolute atomic E-state index is 2.48. The number of anilines is 3. The molecular formula is C47H33N. The minimum Gasteiger partial charge on any atom is -0.310 e. The van der Waals surface area contributed by atoms with Crippen LogP contribution in [0, 0.1) is 0 Å². The van der Waals surface area contributed by atoms with Gasteiger partial charge in [-0.05, 0) is 107 Å². The Labute approximate surface area is 280 Å². The lowest BCUT2D eigenvalue weighted by atomic mass is 9.82. The van der Waals surface area contributed by atoms with Crippen LogP contribution < -0.4 is 4.90 Å². The lowest BCUT2D eigenvalue weighted by Crippen LogP contribution is -2.16. The van der Waals surface area contributed by atoms with Crippen molar-refractivity contribution < 1.29 is 0 Å². The van der Waals surface area contributed by atoms with Crippen molar-refractivity contribution in [1.29, 1.82) is 0 Å². The molecule has 0 unspecified atom stereocenters. The van der Waals surface area contributed by atoms with E-state index in [0.29, 0.717) is 0 Å². The molecule has 48 heavy (non-hydrogen) atoms. The van der Waals surface area contributed by atoms with Crippen molar-refractivity contribution >= 4 is 60.2 Å². The van der Waals surface area contributed by atoms with E-state index in [1.807, 2.05) is 0 Å². The Bertz CT molecular complexity index is 2700. The number of fused-ring (bicyclic) bond motifs is 4. The van der Waals surface area contributed by atoms with Crippen LogP contribution in [0.15, 0.2) is 164 Å². The van der Waals surface area contributed by atoms with Gasteiger partial charge in [-0.2, -0.15) is 0 Å². The average molecular weight is 612 g/mol. The number of rotatable bonds is 4. The summed E-state index contributed by atoms with van der Waals surface area (Å²) in [6.45, 7) is 4.73. The number of hydrogen-bond donors (Lipinski definition) is 0. The average Bonchev–Trinajstić information content (AvgIpc) is 3.37. The summed E-state index contributed by atoms with van der Waals surface area (Å²) in [5.74, 6) is 0. The van der Waals surface area contributed by atoms with Crippen LogP contribution in [0.1, 0.15) is 25.0 Å². The predicted molar refractivity (Wildman–Crippen MR) is 205 cm³/mol. The van der Waals surface area contributed by atoms with Gasteiger partial charge in [0, 0.05) is 22.2 Å². The molecule has 0 heterocycles. The Kier molecular flexibility index (Phi) is 5.69. The van der Waals surface area contributed by atoms with Gasteiger partial charge in [0.15, 0.2) is 0 Å². The maximum atomic E-state index is 2.48. The lowest BCUT2D eigenvalue weighted by Gasteiger charge is -2.30. The molecule has 1 nitrogen and oxygen atoms in total. The van der Waals surface area contributed by atoms with Crippen molar-refractivity contribution in [2.75, 3.05) is 4.90 Å². The highest BCUT2D eigenvalue weighted by atomic mass is 15.1. The van der Waals surface area contributed by atoms with Gasteiger partial charge in [-0.3, -0.25) is 0 Å². The molecule has 226 valence electrons. The van der Waals surface area contributed by atoms with E-state index in [0.717, 1.165) is 5.69 Å². The molecule has 0 N–H and O–H groups in total. The summed E-state index contributed by atoms with van der Waals surface area (Å²) in [6.07, 6.45) is 0. The number of benzene rings is 9. The highest BCUT2D eigenvalue weighted by Gasteiger charge is 2.35. The second kappa shape index (κ2) is 10.0. The predicted octanol–water partition coefficient (Wildman–Crippen LogP) is 13.2. The molecule has 0 aliphatic heterocycles. The Morgan fingerprint density at radius 2 is 1.02 bits per heavy atom. The molecule has 9 aromatic rings. The summed E-state index contributed by atoms with van der Waals surface area (Å²) in [5.41, 5.74) is 11.3. The number of nitrogens with zero attached hydrogens (tertiary/aromatic N) is 1. The standard InChI is InChI=1S/C47H33N/c1-47(2)42-16-6-5-15-39(42)40-25-23-38(29-43(40)47)48(37-14-8-13-35(28-37)36-20-17-30-9-3-4-10-34(30)27-36)44-26-22-33-19-18-31-11-7-12-32-21-24-41(44)46(33)45(31)32/h3-29H,1-2H3. The van der Waals surface area contributed by atoms with Gasteiger partial charge in [-0.1, -0.05) is 141 Å². The summed E-state index contributed by atoms with van der Waals surface area (Å²) >= 11 is 0. The molecule has 0 radical (unpaired) electrons. The van der Waals surface area contributed by atoms with Gasteiger partial charge >= 0.3 is 0 Å². The van der Waals surface area contributed by atoms with Crippen molar-refractivity contribution in [3.8, 4) is 22.3 Å². The third-order valence-corrected chi connectivity index (χ3v) is 10.8. The molecule has 1 heteroatoms. The molecule has 0 atom stereocenters. The Morgan fingerprint density at radius 1 is 0.396 bits per heavy atom. The molecule has 9 aromatic carbocycles. The van der Waals surface area contributed by atoms with Gasteiger partial charge in [-0.15, -0.1) is 0 Å². The van der Waals surface area contributed by atoms with Crippen LogP contribution in [0.5, 0.6) is 0 Å². The number of hydrogen-bond acceptors (Lipinski definition) is 1. The minimum atomic E-state index is -0.0940. The van der Waals surface area contributed by atoms with Gasteiger partial charge in [0.2, 0.25) is 0 Å². The molecular weight excluding hydrogens is 579 g/mol. The fourth-order valence-electron chi connectivity index (χ4n) is 8.37. The van der Waals surface area contributed by atoms with Crippen LogP contribution in [0.4, 0.5) is 17.1 Å². The first-order valence-corrected chi connectivity index (χ1v) is 16.8. The zero-order chi connectivity index (χ0) is 32.0. The van der Waals surface area contributed by atoms with E-state index in [-0.39, 0.29) is 5.41 Å². The zero-order valence-corrected chi connectivity index (χ0v) is 27.0. The smallest absolute Gasteiger partial charge is 0.0540 e. The fraction of sp³-hybridized carbons (Fsp3) is 0.0638. The van der Waals surface area contributed by atoms with E-state index in [9.17, 15) is 0 Å². The first kappa shape index (κ1) is 27.2. The normalized spacial score (nSPS) is 13.4. The molecule has 0 amide bonds. The van der Waals surface area contributed by atoms with Gasteiger partial charge in [0.05, 0.1) is 5.69 Å². The third-order valence-electron chi connectivity index (χ3n) is 10.8. The van der Waals surface area contributed by atoms with Crippen molar-refractivity contribution in [1.82, 2.24) is 0 Å². The van der Waals surface area contributed by atoms with E-state index in [4.69, 9.17) is 0 Å². The molecule has 0 saturated carbocycles. The molecule has 0 fully saturated rings. The highest BCUT2D eigenvalue weighted by Crippen LogP contribution is 2.51. The summed E-state index contributed by atoms with van der Waals surface area (Å²) in [5, 5.41) is 10.3. The van der Waals surface area contributed by atoms with Crippen LogP contribution in [0.3, 0.4) is 0 Å². The van der Waals surface area contributed by atoms with E-state index >= 15 is 0 Å². The minimum absolute atomic E-state index is 0.0940. The second-order valence-electron chi connectivity index (χ2n) is 13.8. The summed E-state index contributed by atoms with van der Waals surface area (Å²) in [6, 6.07) is 60.8. The SMILES string of the molecule is CC1(C)c2ccccc2-c2ccc(N(c3cccc(-c4ccc5ccccc5c4)c3)c3ccc4ccc5cccc6ccc3c4c56)cc21. The van der Waals surface area contributed by atoms with Crippen molar-refractivity contribution in [3.63, 3.8) is 0 Å². The van der Waals surface area contributed by atoms with Crippen LogP contribution in [-0.2, 0) is 5.41 Å². The highest BCUT2D eigenvalue weighted by molar-refractivity contribution is 6.25. The fourth-order valence-corrected chi connectivity index (χ4v) is 8.37. The first-order valence-electron chi connectivity index (χ1n) is 16.8. The zero-order valence-electron chi connectivity index (χ0n) is 27.0. The Hall–Kier alpha value is -5.92. The van der Waals surface area contributed by atoms with Crippen LogP contribution in [-0.4, -0.2) is 0 Å². The van der Waals surface area contributed by atoms with Gasteiger partial charge in [0.1, 0.15) is 0 Å². The van der Waals surface area contributed by atoms with Crippen molar-refractivity contribution in [2.45, 2.75) is 19.3 Å². The monoisotopic (exact) mass is 611 g/mol. The topological polar surface area (TPSA) is 3.24 Å². The van der Waals surface area contributed by atoms with Crippen molar-refractivity contribution in [2.24, 2.45) is 0 Å². The molecule has 0 aromatic heterocycles. The van der Waals surface area contributed by atoms with Gasteiger partial charge < -0.3 is 4.90 Å². The van der Waals surface area contributed by atoms with Crippen molar-refractivity contribution in [3.05, 3.63) is 175 Å². The molecule has 0 saturated heterocycles. The quantitative estimate of drug-likeness (QED) is 0.179. The van der Waals surface area contributed by atoms with Crippen LogP contribution in [0.2, 0.25) is 0 Å². The summed E-state index contributed by atoms with van der Waals surface area (Å²) in [7, 11) is 0. The summed E-state index contributed by atoms with van der Waals surface area (Å²) in [4.78, 5) is 2.48. The van der Waals surface area contributed by atoms with Gasteiger partial charge in [0.25, 0.3) is 0 Å². The first-order chi connectivity index (χ1) is 23.5. The lowest BCUT2D eigenvalue weighted by molar-refractivity contribution is 0.660. The molecule has 1 aliphatic carbocycles. The second-order valence-corrected chi connectivity index (χ2v) is 13.8. The third kappa shape index (κ3) is 3.91. The van der Waals surface area contributed by atoms with E-state index in [1.54, 1.807) is 0 Å². The van der Waals surface area contributed by atoms with E-state index < -0.39 is 0 Å². The largest absolute Gasteiger partial charge is 0.310 e. The Morgan fingerprint density at radius 3 is 1.90 bits per heavy atom. The molecule has 0 bridgehead atoms. The van der Waals surface area contributed by atoms with Gasteiger partial charge in [-0.25, -0.2) is 0 Å².